The van der Waals surface area contributed by atoms with Crippen LogP contribution in [-0.2, 0) is 6.54 Å². The van der Waals surface area contributed by atoms with E-state index >= 15 is 0 Å². The Bertz CT molecular complexity index is 348. The van der Waals surface area contributed by atoms with Gasteiger partial charge in [0.05, 0.1) is 12.8 Å². The minimum Gasteiger partial charge on any atom is -0.467 e. The van der Waals surface area contributed by atoms with Gasteiger partial charge < -0.3 is 14.6 Å². The van der Waals surface area contributed by atoms with Crippen LogP contribution in [0.15, 0.2) is 22.8 Å². The number of carbonyl (C=O) groups is 1. The van der Waals surface area contributed by atoms with Gasteiger partial charge in [-0.05, 0) is 37.8 Å². The summed E-state index contributed by atoms with van der Waals surface area (Å²) in [6, 6.07) is 4.14. The summed E-state index contributed by atoms with van der Waals surface area (Å²) in [5, 5.41) is 2.91. The molecule has 94 valence electrons. The van der Waals surface area contributed by atoms with Gasteiger partial charge in [-0.3, -0.25) is 0 Å². The third kappa shape index (κ3) is 3.02. The molecule has 1 aromatic heterocycles. The number of amides is 2. The Labute approximate surface area is 102 Å². The molecule has 1 atom stereocenters. The summed E-state index contributed by atoms with van der Waals surface area (Å²) in [7, 11) is 0. The Kier molecular flexibility index (Phi) is 4.07. The molecule has 2 rings (SSSR count). The number of carbonyl (C=O) groups excluding carboxylic acids is 1. The second kappa shape index (κ2) is 5.75. The predicted molar refractivity (Wildman–Crippen MR) is 65.6 cm³/mol. The number of hydrogen-bond acceptors (Lipinski definition) is 2. The van der Waals surface area contributed by atoms with E-state index < -0.39 is 0 Å². The Hall–Kier alpha value is -1.45. The molecule has 0 bridgehead atoms. The van der Waals surface area contributed by atoms with Crippen LogP contribution in [0, 0.1) is 0 Å². The van der Waals surface area contributed by atoms with E-state index in [9.17, 15) is 4.79 Å². The van der Waals surface area contributed by atoms with Crippen molar-refractivity contribution >= 4 is 6.03 Å². The van der Waals surface area contributed by atoms with E-state index in [-0.39, 0.29) is 6.03 Å². The van der Waals surface area contributed by atoms with Crippen molar-refractivity contribution in [1.29, 1.82) is 0 Å². The van der Waals surface area contributed by atoms with Gasteiger partial charge >= 0.3 is 6.03 Å². The van der Waals surface area contributed by atoms with Crippen LogP contribution in [0.1, 0.15) is 38.4 Å². The van der Waals surface area contributed by atoms with Crippen LogP contribution >= 0.6 is 0 Å². The molecule has 1 fully saturated rings. The highest BCUT2D eigenvalue weighted by atomic mass is 16.3. The number of hydrogen-bond donors (Lipinski definition) is 1. The normalized spacial score (nSPS) is 20.3. The molecular formula is C13H20N2O2. The number of rotatable bonds is 3. The van der Waals surface area contributed by atoms with Crippen LogP contribution in [0.25, 0.3) is 0 Å². The van der Waals surface area contributed by atoms with Gasteiger partial charge in [-0.1, -0.05) is 6.92 Å². The molecule has 4 nitrogen and oxygen atoms in total. The maximum atomic E-state index is 12.0. The van der Waals surface area contributed by atoms with Gasteiger partial charge in [0.2, 0.25) is 0 Å². The van der Waals surface area contributed by atoms with E-state index in [0.29, 0.717) is 12.6 Å². The van der Waals surface area contributed by atoms with Crippen molar-refractivity contribution in [3.05, 3.63) is 24.2 Å². The number of piperidine rings is 1. The topological polar surface area (TPSA) is 45.5 Å². The molecule has 0 spiro atoms. The van der Waals surface area contributed by atoms with E-state index in [1.807, 2.05) is 17.0 Å². The lowest BCUT2D eigenvalue weighted by Crippen LogP contribution is -2.48. The Morgan fingerprint density at radius 2 is 2.47 bits per heavy atom. The highest BCUT2D eigenvalue weighted by Crippen LogP contribution is 2.19. The zero-order chi connectivity index (χ0) is 12.1. The third-order valence-electron chi connectivity index (χ3n) is 3.35. The van der Waals surface area contributed by atoms with Crippen molar-refractivity contribution in [1.82, 2.24) is 10.2 Å². The predicted octanol–water partition coefficient (Wildman–Crippen LogP) is 2.75. The van der Waals surface area contributed by atoms with Gasteiger partial charge in [-0.15, -0.1) is 0 Å². The zero-order valence-corrected chi connectivity index (χ0v) is 10.3. The highest BCUT2D eigenvalue weighted by Gasteiger charge is 2.24. The fourth-order valence-corrected chi connectivity index (χ4v) is 2.37. The van der Waals surface area contributed by atoms with Crippen LogP contribution in [0.3, 0.4) is 0 Å². The molecule has 1 aromatic rings. The summed E-state index contributed by atoms with van der Waals surface area (Å²) < 4.78 is 5.19. The second-order valence-electron chi connectivity index (χ2n) is 4.49. The molecule has 1 N–H and O–H groups in total. The van der Waals surface area contributed by atoms with Crippen molar-refractivity contribution < 1.29 is 9.21 Å². The average Bonchev–Trinajstić information content (AvgIpc) is 2.89. The minimum absolute atomic E-state index is 0.0351. The number of nitrogens with one attached hydrogen (secondary N) is 1. The molecule has 0 saturated carbocycles. The van der Waals surface area contributed by atoms with E-state index in [1.165, 1.54) is 6.42 Å². The summed E-state index contributed by atoms with van der Waals surface area (Å²) >= 11 is 0. The molecule has 2 heterocycles. The molecule has 17 heavy (non-hydrogen) atoms. The number of furan rings is 1. The van der Waals surface area contributed by atoms with Crippen molar-refractivity contribution in [3.63, 3.8) is 0 Å². The first-order valence-electron chi connectivity index (χ1n) is 6.38. The first-order chi connectivity index (χ1) is 8.31. The molecule has 1 saturated heterocycles. The first-order valence-corrected chi connectivity index (χ1v) is 6.38. The molecule has 0 radical (unpaired) electrons. The van der Waals surface area contributed by atoms with Crippen molar-refractivity contribution in [2.75, 3.05) is 6.54 Å². The second-order valence-corrected chi connectivity index (χ2v) is 4.49. The lowest BCUT2D eigenvalue weighted by Gasteiger charge is -2.35. The van der Waals surface area contributed by atoms with Crippen LogP contribution in [-0.4, -0.2) is 23.5 Å². The standard InChI is InChI=1S/C13H20N2O2/c1-2-11-6-3-4-8-15(11)13(16)14-10-12-7-5-9-17-12/h5,7,9,11H,2-4,6,8,10H2,1H3,(H,14,16). The largest absolute Gasteiger partial charge is 0.467 e. The summed E-state index contributed by atoms with van der Waals surface area (Å²) in [6.07, 6.45) is 6.14. The van der Waals surface area contributed by atoms with Crippen LogP contribution < -0.4 is 5.32 Å². The maximum absolute atomic E-state index is 12.0. The SMILES string of the molecule is CCC1CCCCN1C(=O)NCc1ccco1. The maximum Gasteiger partial charge on any atom is 0.318 e. The average molecular weight is 236 g/mol. The molecular weight excluding hydrogens is 216 g/mol. The van der Waals surface area contributed by atoms with E-state index in [0.717, 1.165) is 31.6 Å². The third-order valence-corrected chi connectivity index (χ3v) is 3.35. The van der Waals surface area contributed by atoms with Gasteiger partial charge in [-0.25, -0.2) is 4.79 Å². The summed E-state index contributed by atoms with van der Waals surface area (Å²) in [5.74, 6) is 0.795. The van der Waals surface area contributed by atoms with Gasteiger partial charge in [0.25, 0.3) is 0 Å². The fourth-order valence-electron chi connectivity index (χ4n) is 2.37. The molecule has 0 aromatic carbocycles. The minimum atomic E-state index is 0.0351. The lowest BCUT2D eigenvalue weighted by atomic mass is 10.0. The quantitative estimate of drug-likeness (QED) is 0.877. The number of nitrogens with zero attached hydrogens (tertiary/aromatic N) is 1. The van der Waals surface area contributed by atoms with Crippen molar-refractivity contribution in [3.8, 4) is 0 Å². The van der Waals surface area contributed by atoms with Crippen LogP contribution in [0.4, 0.5) is 4.79 Å². The van der Waals surface area contributed by atoms with E-state index in [2.05, 4.69) is 12.2 Å². The number of likely N-dealkylation sites (tertiary alicyclic amines) is 1. The lowest BCUT2D eigenvalue weighted by molar-refractivity contribution is 0.148. The Morgan fingerprint density at radius 1 is 1.59 bits per heavy atom. The monoisotopic (exact) mass is 236 g/mol. The van der Waals surface area contributed by atoms with Crippen LogP contribution in [0.2, 0.25) is 0 Å². The Balaban J connectivity index is 1.85. The van der Waals surface area contributed by atoms with E-state index in [1.54, 1.807) is 6.26 Å². The summed E-state index contributed by atoms with van der Waals surface area (Å²) in [5.41, 5.74) is 0. The smallest absolute Gasteiger partial charge is 0.318 e. The van der Waals surface area contributed by atoms with E-state index in [4.69, 9.17) is 4.42 Å². The highest BCUT2D eigenvalue weighted by molar-refractivity contribution is 5.74. The van der Waals surface area contributed by atoms with Gasteiger partial charge in [0, 0.05) is 12.6 Å². The summed E-state index contributed by atoms with van der Waals surface area (Å²) in [4.78, 5) is 14.0. The number of urea groups is 1. The molecule has 2 amide bonds. The van der Waals surface area contributed by atoms with Gasteiger partial charge in [0.15, 0.2) is 0 Å². The molecule has 1 aliphatic rings. The molecule has 4 heteroatoms. The van der Waals surface area contributed by atoms with Crippen LogP contribution in [0.5, 0.6) is 0 Å². The van der Waals surface area contributed by atoms with Crippen molar-refractivity contribution in [2.24, 2.45) is 0 Å². The van der Waals surface area contributed by atoms with Gasteiger partial charge in [-0.2, -0.15) is 0 Å². The fraction of sp³-hybridized carbons (Fsp3) is 0.615. The molecule has 1 unspecified atom stereocenters. The Morgan fingerprint density at radius 3 is 3.18 bits per heavy atom. The first kappa shape index (κ1) is 12.0. The zero-order valence-electron chi connectivity index (χ0n) is 10.3. The molecule has 0 aliphatic carbocycles. The summed E-state index contributed by atoms with van der Waals surface area (Å²) in [6.45, 7) is 3.49. The van der Waals surface area contributed by atoms with Gasteiger partial charge in [0.1, 0.15) is 5.76 Å². The molecule has 1 aliphatic heterocycles. The van der Waals surface area contributed by atoms with Crippen molar-refractivity contribution in [2.45, 2.75) is 45.2 Å².